The van der Waals surface area contributed by atoms with Crippen molar-refractivity contribution in [1.29, 1.82) is 0 Å². The van der Waals surface area contributed by atoms with E-state index in [4.69, 9.17) is 5.73 Å². The molecule has 0 spiro atoms. The van der Waals surface area contributed by atoms with E-state index in [1.807, 2.05) is 24.4 Å². The normalized spacial score (nSPS) is 12.6. The van der Waals surface area contributed by atoms with Gasteiger partial charge >= 0.3 is 0 Å². The third-order valence-corrected chi connectivity index (χ3v) is 2.69. The summed E-state index contributed by atoms with van der Waals surface area (Å²) in [6, 6.07) is 5.85. The lowest BCUT2D eigenvalue weighted by molar-refractivity contribution is 0.631. The van der Waals surface area contributed by atoms with E-state index < -0.39 is 0 Å². The lowest BCUT2D eigenvalue weighted by atomic mass is 10.1. The summed E-state index contributed by atoms with van der Waals surface area (Å²) in [4.78, 5) is 12.0. The summed E-state index contributed by atoms with van der Waals surface area (Å²) in [5.74, 6) is 1.08. The van der Waals surface area contributed by atoms with Crippen molar-refractivity contribution >= 4 is 0 Å². The van der Waals surface area contributed by atoms with Crippen molar-refractivity contribution < 1.29 is 0 Å². The Morgan fingerprint density at radius 3 is 2.94 bits per heavy atom. The second-order valence-electron chi connectivity index (χ2n) is 3.72. The predicted octanol–water partition coefficient (Wildman–Crippen LogP) is 1.92. The van der Waals surface area contributed by atoms with Crippen LogP contribution in [0.4, 0.5) is 0 Å². The third kappa shape index (κ3) is 2.12. The van der Waals surface area contributed by atoms with Crippen LogP contribution >= 0.6 is 0 Å². The SMILES string of the molecule is CCC(CN)c1nccc(-c2ccc[nH]2)n1. The van der Waals surface area contributed by atoms with Crippen LogP contribution in [0.5, 0.6) is 0 Å². The van der Waals surface area contributed by atoms with Gasteiger partial charge in [0.1, 0.15) is 5.82 Å². The molecular weight excluding hydrogens is 200 g/mol. The Bertz CT molecular complexity index is 432. The molecule has 2 rings (SSSR count). The Morgan fingerprint density at radius 1 is 1.44 bits per heavy atom. The summed E-state index contributed by atoms with van der Waals surface area (Å²) in [5.41, 5.74) is 7.62. The molecular formula is C12H16N4. The molecule has 0 saturated carbocycles. The van der Waals surface area contributed by atoms with E-state index in [0.717, 1.165) is 23.6 Å². The van der Waals surface area contributed by atoms with E-state index in [2.05, 4.69) is 21.9 Å². The maximum atomic E-state index is 5.70. The summed E-state index contributed by atoms with van der Waals surface area (Å²) in [5, 5.41) is 0. The minimum absolute atomic E-state index is 0.245. The van der Waals surface area contributed by atoms with Crippen molar-refractivity contribution in [2.45, 2.75) is 19.3 Å². The molecule has 16 heavy (non-hydrogen) atoms. The zero-order valence-electron chi connectivity index (χ0n) is 9.35. The van der Waals surface area contributed by atoms with Crippen molar-refractivity contribution in [3.63, 3.8) is 0 Å². The number of nitrogens with two attached hydrogens (primary N) is 1. The molecule has 3 N–H and O–H groups in total. The Balaban J connectivity index is 2.33. The molecule has 2 heterocycles. The number of rotatable bonds is 4. The van der Waals surface area contributed by atoms with Crippen LogP contribution in [0.1, 0.15) is 25.1 Å². The molecule has 0 bridgehead atoms. The first-order valence-corrected chi connectivity index (χ1v) is 5.52. The van der Waals surface area contributed by atoms with E-state index in [1.165, 1.54) is 0 Å². The van der Waals surface area contributed by atoms with Gasteiger partial charge in [0, 0.05) is 24.9 Å². The van der Waals surface area contributed by atoms with Crippen molar-refractivity contribution in [2.24, 2.45) is 5.73 Å². The van der Waals surface area contributed by atoms with Crippen LogP contribution in [0.2, 0.25) is 0 Å². The topological polar surface area (TPSA) is 67.6 Å². The number of H-pyrrole nitrogens is 1. The summed E-state index contributed by atoms with van der Waals surface area (Å²) < 4.78 is 0. The smallest absolute Gasteiger partial charge is 0.133 e. The quantitative estimate of drug-likeness (QED) is 0.820. The average molecular weight is 216 g/mol. The first-order valence-electron chi connectivity index (χ1n) is 5.52. The van der Waals surface area contributed by atoms with Crippen molar-refractivity contribution in [3.8, 4) is 11.4 Å². The Morgan fingerprint density at radius 2 is 2.31 bits per heavy atom. The zero-order chi connectivity index (χ0) is 11.4. The monoisotopic (exact) mass is 216 g/mol. The molecule has 0 aliphatic rings. The predicted molar refractivity (Wildman–Crippen MR) is 63.9 cm³/mol. The van der Waals surface area contributed by atoms with Gasteiger partial charge in [-0.15, -0.1) is 0 Å². The number of nitrogens with one attached hydrogen (secondary N) is 1. The van der Waals surface area contributed by atoms with Gasteiger partial charge in [0.05, 0.1) is 11.4 Å². The lowest BCUT2D eigenvalue weighted by Crippen LogP contribution is -2.14. The second kappa shape index (κ2) is 4.90. The molecule has 4 nitrogen and oxygen atoms in total. The highest BCUT2D eigenvalue weighted by atomic mass is 14.9. The van der Waals surface area contributed by atoms with E-state index in [0.29, 0.717) is 6.54 Å². The fraction of sp³-hybridized carbons (Fsp3) is 0.333. The molecule has 0 aliphatic carbocycles. The van der Waals surface area contributed by atoms with Crippen molar-refractivity contribution in [1.82, 2.24) is 15.0 Å². The van der Waals surface area contributed by atoms with Gasteiger partial charge in [-0.1, -0.05) is 6.92 Å². The van der Waals surface area contributed by atoms with Crippen LogP contribution in [0, 0.1) is 0 Å². The Kier molecular flexibility index (Phi) is 3.31. The highest BCUT2D eigenvalue weighted by Gasteiger charge is 2.11. The molecule has 1 unspecified atom stereocenters. The molecule has 0 aromatic carbocycles. The van der Waals surface area contributed by atoms with Crippen LogP contribution in [-0.2, 0) is 0 Å². The van der Waals surface area contributed by atoms with Crippen LogP contribution in [0.25, 0.3) is 11.4 Å². The third-order valence-electron chi connectivity index (χ3n) is 2.69. The first-order chi connectivity index (χ1) is 7.85. The summed E-state index contributed by atoms with van der Waals surface area (Å²) in [6.07, 6.45) is 4.64. The number of aromatic amines is 1. The Labute approximate surface area is 94.9 Å². The van der Waals surface area contributed by atoms with E-state index in [-0.39, 0.29) is 5.92 Å². The lowest BCUT2D eigenvalue weighted by Gasteiger charge is -2.10. The summed E-state index contributed by atoms with van der Waals surface area (Å²) in [7, 11) is 0. The number of hydrogen-bond acceptors (Lipinski definition) is 3. The van der Waals surface area contributed by atoms with E-state index in [1.54, 1.807) is 6.20 Å². The minimum atomic E-state index is 0.245. The number of hydrogen-bond donors (Lipinski definition) is 2. The average Bonchev–Trinajstić information content (AvgIpc) is 2.85. The molecule has 0 saturated heterocycles. The molecule has 0 fully saturated rings. The van der Waals surface area contributed by atoms with Gasteiger partial charge in [-0.2, -0.15) is 0 Å². The van der Waals surface area contributed by atoms with E-state index >= 15 is 0 Å². The number of aromatic nitrogens is 3. The molecule has 2 aromatic rings. The van der Waals surface area contributed by atoms with Gasteiger partial charge in [-0.25, -0.2) is 9.97 Å². The molecule has 0 amide bonds. The van der Waals surface area contributed by atoms with Gasteiger partial charge in [0.2, 0.25) is 0 Å². The van der Waals surface area contributed by atoms with E-state index in [9.17, 15) is 0 Å². The van der Waals surface area contributed by atoms with Crippen molar-refractivity contribution in [2.75, 3.05) is 6.54 Å². The first kappa shape index (κ1) is 10.8. The second-order valence-corrected chi connectivity index (χ2v) is 3.72. The summed E-state index contributed by atoms with van der Waals surface area (Å²) >= 11 is 0. The molecule has 2 aromatic heterocycles. The van der Waals surface area contributed by atoms with Gasteiger partial charge in [-0.3, -0.25) is 0 Å². The van der Waals surface area contributed by atoms with Gasteiger partial charge in [-0.05, 0) is 24.6 Å². The highest BCUT2D eigenvalue weighted by molar-refractivity contribution is 5.53. The molecule has 4 heteroatoms. The van der Waals surface area contributed by atoms with Crippen LogP contribution < -0.4 is 5.73 Å². The number of nitrogens with zero attached hydrogens (tertiary/aromatic N) is 2. The van der Waals surface area contributed by atoms with Crippen molar-refractivity contribution in [3.05, 3.63) is 36.4 Å². The molecule has 0 aliphatic heterocycles. The maximum Gasteiger partial charge on any atom is 0.133 e. The standard InChI is InChI=1S/C12H16N4/c1-2-9(8-13)12-15-7-5-11(16-12)10-4-3-6-14-10/h3-7,9,14H,2,8,13H2,1H3. The fourth-order valence-corrected chi connectivity index (χ4v) is 1.66. The Hall–Kier alpha value is -1.68. The highest BCUT2D eigenvalue weighted by Crippen LogP contribution is 2.18. The van der Waals surface area contributed by atoms with Crippen LogP contribution in [0.15, 0.2) is 30.6 Å². The molecule has 84 valence electrons. The molecule has 1 atom stereocenters. The van der Waals surface area contributed by atoms with Gasteiger partial charge < -0.3 is 10.7 Å². The van der Waals surface area contributed by atoms with Gasteiger partial charge in [0.25, 0.3) is 0 Å². The van der Waals surface area contributed by atoms with Crippen LogP contribution in [0.3, 0.4) is 0 Å². The van der Waals surface area contributed by atoms with Crippen LogP contribution in [-0.4, -0.2) is 21.5 Å². The van der Waals surface area contributed by atoms with Gasteiger partial charge in [0.15, 0.2) is 0 Å². The minimum Gasteiger partial charge on any atom is -0.360 e. The summed E-state index contributed by atoms with van der Waals surface area (Å²) in [6.45, 7) is 2.69. The zero-order valence-corrected chi connectivity index (χ0v) is 9.35. The fourth-order valence-electron chi connectivity index (χ4n) is 1.66. The maximum absolute atomic E-state index is 5.70. The largest absolute Gasteiger partial charge is 0.360 e. The molecule has 0 radical (unpaired) electrons.